The molecule has 0 aliphatic carbocycles. The van der Waals surface area contributed by atoms with E-state index in [1.165, 1.54) is 19.5 Å². The maximum Gasteiger partial charge on any atom is 0.311 e. The van der Waals surface area contributed by atoms with Crippen LogP contribution in [-0.2, 0) is 22.5 Å². The molecule has 0 bridgehead atoms. The van der Waals surface area contributed by atoms with Gasteiger partial charge in [0.25, 0.3) is 0 Å². The number of hydrogen-bond donors (Lipinski definition) is 1. The van der Waals surface area contributed by atoms with E-state index in [1.807, 2.05) is 24.3 Å². The molecule has 1 aliphatic rings. The van der Waals surface area contributed by atoms with Crippen molar-refractivity contribution in [2.24, 2.45) is 0 Å². The fourth-order valence-corrected chi connectivity index (χ4v) is 4.90. The molecular weight excluding hydrogens is 503 g/mol. The van der Waals surface area contributed by atoms with E-state index in [2.05, 4.69) is 10.1 Å². The van der Waals surface area contributed by atoms with Crippen LogP contribution in [0.2, 0.25) is 5.02 Å². The SMILES string of the molecule is COc1cccc([C@H]2O[C@H](CCn3cnc(CC(=O)O)n3)c3cccn3-c3c(F)cc(Cl)cc32)c1OC. The van der Waals surface area contributed by atoms with E-state index in [9.17, 15) is 4.79 Å². The summed E-state index contributed by atoms with van der Waals surface area (Å²) in [4.78, 5) is 15.0. The minimum Gasteiger partial charge on any atom is -0.493 e. The zero-order valence-electron chi connectivity index (χ0n) is 20.1. The monoisotopic (exact) mass is 526 g/mol. The predicted octanol–water partition coefficient (Wildman–Crippen LogP) is 4.76. The fraction of sp³-hybridized carbons (Fsp3) is 0.269. The second-order valence-corrected chi connectivity index (χ2v) is 8.94. The Labute approximate surface area is 217 Å². The number of aromatic nitrogens is 4. The molecule has 1 N–H and O–H groups in total. The topological polar surface area (TPSA) is 101 Å². The largest absolute Gasteiger partial charge is 0.493 e. The number of rotatable bonds is 8. The van der Waals surface area contributed by atoms with Gasteiger partial charge in [-0.15, -0.1) is 0 Å². The Morgan fingerprint density at radius 2 is 2.03 bits per heavy atom. The van der Waals surface area contributed by atoms with Crippen LogP contribution in [0.4, 0.5) is 4.39 Å². The summed E-state index contributed by atoms with van der Waals surface area (Å²) in [5.41, 5.74) is 2.29. The average Bonchev–Trinajstić information content (AvgIpc) is 3.50. The van der Waals surface area contributed by atoms with Crippen molar-refractivity contribution in [3.63, 3.8) is 0 Å². The second kappa shape index (κ2) is 10.2. The van der Waals surface area contributed by atoms with Crippen LogP contribution in [0.25, 0.3) is 5.69 Å². The summed E-state index contributed by atoms with van der Waals surface area (Å²) in [6.45, 7) is 0.393. The summed E-state index contributed by atoms with van der Waals surface area (Å²) in [5, 5.41) is 13.5. The molecule has 2 aromatic heterocycles. The van der Waals surface area contributed by atoms with Gasteiger partial charge in [0.15, 0.2) is 17.3 Å². The number of fused-ring (bicyclic) bond motifs is 3. The molecule has 2 atom stereocenters. The van der Waals surface area contributed by atoms with Crippen molar-refractivity contribution in [2.75, 3.05) is 14.2 Å². The van der Waals surface area contributed by atoms with E-state index >= 15 is 4.39 Å². The summed E-state index contributed by atoms with van der Waals surface area (Å²) in [6.07, 6.45) is 2.23. The molecule has 2 aromatic carbocycles. The molecule has 0 spiro atoms. The summed E-state index contributed by atoms with van der Waals surface area (Å²) in [6, 6.07) is 12.1. The van der Waals surface area contributed by atoms with Crippen LogP contribution in [0.3, 0.4) is 0 Å². The molecule has 0 unspecified atom stereocenters. The fourth-order valence-electron chi connectivity index (χ4n) is 4.69. The van der Waals surface area contributed by atoms with Crippen LogP contribution in [-0.4, -0.2) is 44.6 Å². The van der Waals surface area contributed by atoms with Crippen LogP contribution in [0.5, 0.6) is 11.5 Å². The number of aliphatic carboxylic acids is 1. The first-order valence-electron chi connectivity index (χ1n) is 11.5. The minimum absolute atomic E-state index is 0.223. The number of benzene rings is 2. The van der Waals surface area contributed by atoms with Crippen LogP contribution in [0, 0.1) is 5.82 Å². The third-order valence-electron chi connectivity index (χ3n) is 6.22. The smallest absolute Gasteiger partial charge is 0.311 e. The van der Waals surface area contributed by atoms with Gasteiger partial charge < -0.3 is 23.9 Å². The number of nitrogens with zero attached hydrogens (tertiary/aromatic N) is 4. The first kappa shape index (κ1) is 24.8. The van der Waals surface area contributed by atoms with E-state index in [-0.39, 0.29) is 17.3 Å². The maximum absolute atomic E-state index is 15.5. The summed E-state index contributed by atoms with van der Waals surface area (Å²) >= 11 is 6.32. The summed E-state index contributed by atoms with van der Waals surface area (Å²) < 4.78 is 36.7. The molecule has 37 heavy (non-hydrogen) atoms. The molecule has 0 saturated heterocycles. The van der Waals surface area contributed by atoms with E-state index in [0.29, 0.717) is 41.3 Å². The molecule has 0 fully saturated rings. The molecule has 0 saturated carbocycles. The highest BCUT2D eigenvalue weighted by Gasteiger charge is 2.34. The van der Waals surface area contributed by atoms with E-state index in [0.717, 1.165) is 5.69 Å². The van der Waals surface area contributed by atoms with Crippen LogP contribution < -0.4 is 9.47 Å². The van der Waals surface area contributed by atoms with Crippen LogP contribution >= 0.6 is 11.6 Å². The van der Waals surface area contributed by atoms with Crippen molar-refractivity contribution in [2.45, 2.75) is 31.6 Å². The highest BCUT2D eigenvalue weighted by molar-refractivity contribution is 6.30. The molecule has 192 valence electrons. The lowest BCUT2D eigenvalue weighted by Gasteiger charge is -2.25. The number of ether oxygens (including phenoxy) is 3. The Morgan fingerprint density at radius 1 is 1.19 bits per heavy atom. The van der Waals surface area contributed by atoms with Gasteiger partial charge in [0, 0.05) is 28.9 Å². The lowest BCUT2D eigenvalue weighted by Crippen LogP contribution is -2.14. The van der Waals surface area contributed by atoms with Crippen molar-refractivity contribution in [1.29, 1.82) is 0 Å². The van der Waals surface area contributed by atoms with Crippen molar-refractivity contribution in [3.05, 3.63) is 88.5 Å². The molecule has 9 nitrogen and oxygen atoms in total. The number of halogens is 2. The van der Waals surface area contributed by atoms with Gasteiger partial charge >= 0.3 is 5.97 Å². The molecule has 3 heterocycles. The lowest BCUT2D eigenvalue weighted by atomic mass is 9.98. The number of methoxy groups -OCH3 is 2. The van der Waals surface area contributed by atoms with Gasteiger partial charge in [0.2, 0.25) is 0 Å². The number of hydrogen-bond acceptors (Lipinski definition) is 6. The third kappa shape index (κ3) is 4.77. The lowest BCUT2D eigenvalue weighted by molar-refractivity contribution is -0.136. The first-order chi connectivity index (χ1) is 17.9. The highest BCUT2D eigenvalue weighted by Crippen LogP contribution is 2.47. The van der Waals surface area contributed by atoms with Gasteiger partial charge in [0.1, 0.15) is 30.8 Å². The standard InChI is InChI=1S/C26H24ClFN4O5/c1-35-21-7-3-5-16(26(21)36-2)25-17-11-15(27)12-18(28)24(17)32-9-4-6-19(32)20(37-25)8-10-31-14-29-22(30-31)13-23(33)34/h3-7,9,11-12,14,20,25H,8,10,13H2,1-2H3,(H,33,34)/t20-,25-/m1/s1. The molecule has 1 aliphatic heterocycles. The van der Waals surface area contributed by atoms with E-state index in [1.54, 1.807) is 34.7 Å². The number of aryl methyl sites for hydroxylation is 1. The number of para-hydroxylation sites is 1. The predicted molar refractivity (Wildman–Crippen MR) is 132 cm³/mol. The molecule has 0 amide bonds. The number of carbonyl (C=O) groups is 1. The van der Waals surface area contributed by atoms with E-state index in [4.69, 9.17) is 30.9 Å². The van der Waals surface area contributed by atoms with Gasteiger partial charge in [-0.2, -0.15) is 5.10 Å². The van der Waals surface area contributed by atoms with E-state index < -0.39 is 24.0 Å². The first-order valence-corrected chi connectivity index (χ1v) is 11.9. The average molecular weight is 527 g/mol. The maximum atomic E-state index is 15.5. The van der Waals surface area contributed by atoms with Gasteiger partial charge in [-0.3, -0.25) is 9.48 Å². The normalized spacial score (nSPS) is 16.5. The number of carboxylic acid groups (broad SMARTS) is 1. The van der Waals surface area contributed by atoms with Crippen LogP contribution in [0.15, 0.2) is 55.0 Å². The van der Waals surface area contributed by atoms with Crippen molar-refractivity contribution in [3.8, 4) is 17.2 Å². The van der Waals surface area contributed by atoms with Crippen molar-refractivity contribution < 1.29 is 28.5 Å². The molecule has 5 rings (SSSR count). The minimum atomic E-state index is -1.00. The zero-order chi connectivity index (χ0) is 26.1. The Bertz CT molecular complexity index is 1450. The summed E-state index contributed by atoms with van der Waals surface area (Å²) in [5.74, 6) is -0.273. The van der Waals surface area contributed by atoms with Gasteiger partial charge in [-0.1, -0.05) is 23.7 Å². The summed E-state index contributed by atoms with van der Waals surface area (Å²) in [7, 11) is 3.09. The Balaban J connectivity index is 1.58. The molecule has 4 aromatic rings. The second-order valence-electron chi connectivity index (χ2n) is 8.50. The number of carboxylic acids is 1. The van der Waals surface area contributed by atoms with Crippen molar-refractivity contribution >= 4 is 17.6 Å². The Morgan fingerprint density at radius 3 is 2.78 bits per heavy atom. The molecule has 0 radical (unpaired) electrons. The Kier molecular flexibility index (Phi) is 6.86. The van der Waals surface area contributed by atoms with Crippen molar-refractivity contribution in [1.82, 2.24) is 19.3 Å². The molecule has 11 heteroatoms. The quantitative estimate of drug-likeness (QED) is 0.353. The highest BCUT2D eigenvalue weighted by atomic mass is 35.5. The van der Waals surface area contributed by atoms with Crippen LogP contribution in [0.1, 0.15) is 41.3 Å². The van der Waals surface area contributed by atoms with Gasteiger partial charge in [-0.05, 0) is 36.8 Å². The Hall–Kier alpha value is -3.89. The zero-order valence-corrected chi connectivity index (χ0v) is 20.9. The third-order valence-corrected chi connectivity index (χ3v) is 6.44. The molecular formula is C26H24ClFN4O5. The van der Waals surface area contributed by atoms with Gasteiger partial charge in [-0.25, -0.2) is 9.37 Å². The van der Waals surface area contributed by atoms with Gasteiger partial charge in [0.05, 0.1) is 25.6 Å².